The van der Waals surface area contributed by atoms with Gasteiger partial charge in [-0.25, -0.2) is 0 Å². The Hall–Kier alpha value is -0.673. The highest BCUT2D eigenvalue weighted by Gasteiger charge is 2.00. The van der Waals surface area contributed by atoms with Crippen LogP contribution >= 0.6 is 12.2 Å². The van der Waals surface area contributed by atoms with Crippen molar-refractivity contribution < 1.29 is 4.43 Å². The molecule has 0 aliphatic heterocycles. The van der Waals surface area contributed by atoms with E-state index < -0.39 is 0 Å². The highest BCUT2D eigenvalue weighted by Crippen LogP contribution is 2.08. The number of aryl methyl sites for hydroxylation is 1. The maximum absolute atomic E-state index is 5.09. The molecule has 3 heteroatoms. The van der Waals surface area contributed by atoms with Gasteiger partial charge in [0.1, 0.15) is 0 Å². The van der Waals surface area contributed by atoms with Crippen LogP contribution in [0.3, 0.4) is 0 Å². The Morgan fingerprint density at radius 2 is 2.09 bits per heavy atom. The fraction of sp³-hybridized carbons (Fsp3) is 0.125. The van der Waals surface area contributed by atoms with Crippen LogP contribution in [0.1, 0.15) is 11.1 Å². The molecule has 58 valence electrons. The van der Waals surface area contributed by atoms with Gasteiger partial charge in [0.15, 0.2) is 5.05 Å². The largest absolute Gasteiger partial charge is 0.545 e. The number of benzene rings is 1. The van der Waals surface area contributed by atoms with E-state index in [9.17, 15) is 0 Å². The molecule has 0 atom stereocenters. The second-order valence-corrected chi connectivity index (χ2v) is 3.09. The molecule has 0 spiro atoms. The van der Waals surface area contributed by atoms with Crippen LogP contribution in [0, 0.1) is 6.92 Å². The summed E-state index contributed by atoms with van der Waals surface area (Å²) in [6.07, 6.45) is 0. The fourth-order valence-electron chi connectivity index (χ4n) is 0.912. The molecule has 0 unspecified atom stereocenters. The normalized spacial score (nSPS) is 9.55. The third-order valence-corrected chi connectivity index (χ3v) is 2.64. The molecule has 1 aromatic carbocycles. The summed E-state index contributed by atoms with van der Waals surface area (Å²) in [4.78, 5) is 0. The number of rotatable bonds is 1. The molecule has 0 saturated carbocycles. The number of hydrogen-bond donors (Lipinski definition) is 0. The van der Waals surface area contributed by atoms with Gasteiger partial charge in [0.2, 0.25) is 10.5 Å². The molecule has 0 radical (unpaired) electrons. The van der Waals surface area contributed by atoms with E-state index in [-0.39, 0.29) is 0 Å². The van der Waals surface area contributed by atoms with E-state index in [2.05, 4.69) is 0 Å². The van der Waals surface area contributed by atoms with E-state index >= 15 is 0 Å². The lowest BCUT2D eigenvalue weighted by molar-refractivity contribution is 0.631. The van der Waals surface area contributed by atoms with Gasteiger partial charge in [-0.1, -0.05) is 24.3 Å². The Kier molecular flexibility index (Phi) is 2.79. The summed E-state index contributed by atoms with van der Waals surface area (Å²) < 4.78 is 5.09. The van der Waals surface area contributed by atoms with Gasteiger partial charge >= 0.3 is 0 Å². The van der Waals surface area contributed by atoms with E-state index in [0.717, 1.165) is 5.56 Å². The van der Waals surface area contributed by atoms with Crippen molar-refractivity contribution in [2.24, 2.45) is 0 Å². The third-order valence-electron chi connectivity index (χ3n) is 1.55. The summed E-state index contributed by atoms with van der Waals surface area (Å²) in [6.45, 7) is 2.03. The molecule has 0 aliphatic carbocycles. The monoisotopic (exact) mass is 182 g/mol. The summed E-state index contributed by atoms with van der Waals surface area (Å²) in [7, 11) is 0.664. The van der Waals surface area contributed by atoms with Crippen molar-refractivity contribution in [2.45, 2.75) is 6.92 Å². The zero-order valence-corrected chi connectivity index (χ0v) is 9.44. The first-order chi connectivity index (χ1) is 5.25. The zero-order valence-electron chi connectivity index (χ0n) is 6.63. The summed E-state index contributed by atoms with van der Waals surface area (Å²) >= 11 is 5.02. The van der Waals surface area contributed by atoms with Crippen LogP contribution in [0.25, 0.3) is 0 Å². The van der Waals surface area contributed by atoms with Crippen LogP contribution in [0.4, 0.5) is 0 Å². The van der Waals surface area contributed by atoms with Gasteiger partial charge in [-0.2, -0.15) is 0 Å². The van der Waals surface area contributed by atoms with Crippen LogP contribution in [0.5, 0.6) is 0 Å². The van der Waals surface area contributed by atoms with Gasteiger partial charge in [0.25, 0.3) is 0 Å². The van der Waals surface area contributed by atoms with Gasteiger partial charge in [-0.05, 0) is 24.7 Å². The SMILES string of the molecule is Cc1ccccc1C(=S)O[SiH3]. The molecule has 1 aromatic rings. The Bertz CT molecular complexity index is 273. The molecule has 0 amide bonds. The van der Waals surface area contributed by atoms with Crippen LogP contribution in [-0.4, -0.2) is 15.5 Å². The Morgan fingerprint density at radius 3 is 2.64 bits per heavy atom. The highest BCUT2D eigenvalue weighted by atomic mass is 32.1. The second-order valence-electron chi connectivity index (χ2n) is 2.31. The van der Waals surface area contributed by atoms with Crippen molar-refractivity contribution in [3.8, 4) is 0 Å². The van der Waals surface area contributed by atoms with Gasteiger partial charge in [-0.3, -0.25) is 0 Å². The predicted octanol–water partition coefficient (Wildman–Crippen LogP) is 0.968. The van der Waals surface area contributed by atoms with E-state index in [0.29, 0.717) is 15.5 Å². The van der Waals surface area contributed by atoms with E-state index in [4.69, 9.17) is 16.6 Å². The smallest absolute Gasteiger partial charge is 0.205 e. The van der Waals surface area contributed by atoms with Crippen LogP contribution in [0.2, 0.25) is 0 Å². The molecule has 0 bridgehead atoms. The summed E-state index contributed by atoms with van der Waals surface area (Å²) in [6, 6.07) is 7.97. The molecule has 0 fully saturated rings. The zero-order chi connectivity index (χ0) is 8.27. The summed E-state index contributed by atoms with van der Waals surface area (Å²) in [5.41, 5.74) is 2.21. The van der Waals surface area contributed by atoms with Crippen molar-refractivity contribution >= 4 is 27.8 Å². The molecular weight excluding hydrogens is 172 g/mol. The summed E-state index contributed by atoms with van der Waals surface area (Å²) in [5, 5.41) is 0.620. The topological polar surface area (TPSA) is 9.23 Å². The van der Waals surface area contributed by atoms with E-state index in [1.165, 1.54) is 5.56 Å². The molecule has 11 heavy (non-hydrogen) atoms. The van der Waals surface area contributed by atoms with Gasteiger partial charge in [0, 0.05) is 5.56 Å². The lowest BCUT2D eigenvalue weighted by Gasteiger charge is -2.05. The standard InChI is InChI=1S/C8H10OSSi/c1-6-4-2-3-5-7(6)8(10)9-11/h2-5H,1,11H3. The average molecular weight is 182 g/mol. The lowest BCUT2D eigenvalue weighted by Crippen LogP contribution is -2.02. The predicted molar refractivity (Wildman–Crippen MR) is 53.9 cm³/mol. The summed E-state index contributed by atoms with van der Waals surface area (Å²) in [5.74, 6) is 0. The minimum Gasteiger partial charge on any atom is -0.545 e. The molecule has 1 rings (SSSR count). The highest BCUT2D eigenvalue weighted by molar-refractivity contribution is 7.80. The van der Waals surface area contributed by atoms with Crippen molar-refractivity contribution in [3.05, 3.63) is 35.4 Å². The number of hydrogen-bond acceptors (Lipinski definition) is 2. The second kappa shape index (κ2) is 3.64. The molecule has 0 saturated heterocycles. The molecule has 0 aromatic heterocycles. The van der Waals surface area contributed by atoms with Gasteiger partial charge in [-0.15, -0.1) is 0 Å². The van der Waals surface area contributed by atoms with Gasteiger partial charge < -0.3 is 4.43 Å². The Morgan fingerprint density at radius 1 is 1.45 bits per heavy atom. The average Bonchev–Trinajstić information content (AvgIpc) is 2.04. The van der Waals surface area contributed by atoms with Crippen LogP contribution < -0.4 is 0 Å². The molecule has 0 aliphatic rings. The quantitative estimate of drug-likeness (QED) is 0.473. The van der Waals surface area contributed by atoms with E-state index in [1.54, 1.807) is 0 Å². The molecule has 0 heterocycles. The van der Waals surface area contributed by atoms with E-state index in [1.807, 2.05) is 31.2 Å². The molecule has 0 N–H and O–H groups in total. The minimum atomic E-state index is 0.620. The van der Waals surface area contributed by atoms with Crippen LogP contribution in [-0.2, 0) is 4.43 Å². The van der Waals surface area contributed by atoms with Crippen molar-refractivity contribution in [2.75, 3.05) is 0 Å². The first kappa shape index (κ1) is 8.42. The molecule has 1 nitrogen and oxygen atoms in total. The first-order valence-corrected chi connectivity index (χ1v) is 4.62. The first-order valence-electron chi connectivity index (χ1n) is 3.39. The Labute approximate surface area is 74.9 Å². The van der Waals surface area contributed by atoms with Crippen molar-refractivity contribution in [1.82, 2.24) is 0 Å². The fourth-order valence-corrected chi connectivity index (χ4v) is 1.36. The maximum Gasteiger partial charge on any atom is 0.205 e. The maximum atomic E-state index is 5.09. The Balaban J connectivity index is 3.03. The lowest BCUT2D eigenvalue weighted by atomic mass is 10.1. The van der Waals surface area contributed by atoms with Crippen molar-refractivity contribution in [1.29, 1.82) is 0 Å². The van der Waals surface area contributed by atoms with Crippen LogP contribution in [0.15, 0.2) is 24.3 Å². The number of thiocarbonyl (C=S) groups is 1. The third kappa shape index (κ3) is 1.88. The molecular formula is C8H10OSSi. The minimum absolute atomic E-state index is 0.620. The van der Waals surface area contributed by atoms with Gasteiger partial charge in [0.05, 0.1) is 0 Å². The van der Waals surface area contributed by atoms with Crippen molar-refractivity contribution in [3.63, 3.8) is 0 Å².